The Hall–Kier alpha value is -1.68. The Kier molecular flexibility index (Phi) is 4.90. The molecule has 1 unspecified atom stereocenters. The number of nitrogens with one attached hydrogen (secondary N) is 1. The van der Waals surface area contributed by atoms with Crippen LogP contribution in [0.5, 0.6) is 0 Å². The molecule has 1 aromatic heterocycles. The van der Waals surface area contributed by atoms with Gasteiger partial charge in [0, 0.05) is 25.7 Å². The van der Waals surface area contributed by atoms with E-state index >= 15 is 0 Å². The summed E-state index contributed by atoms with van der Waals surface area (Å²) in [6, 6.07) is 7.12. The van der Waals surface area contributed by atoms with Crippen LogP contribution >= 0.6 is 0 Å². The maximum atomic E-state index is 4.18. The molecule has 0 saturated carbocycles. The van der Waals surface area contributed by atoms with Gasteiger partial charge in [0.25, 0.3) is 0 Å². The van der Waals surface area contributed by atoms with Crippen LogP contribution in [-0.2, 0) is 19.9 Å². The van der Waals surface area contributed by atoms with Crippen LogP contribution in [0.4, 0.5) is 0 Å². The second kappa shape index (κ2) is 6.66. The predicted octanol–water partition coefficient (Wildman–Crippen LogP) is 2.20. The third kappa shape index (κ3) is 3.90. The van der Waals surface area contributed by atoms with E-state index in [0.717, 1.165) is 25.1 Å². The van der Waals surface area contributed by atoms with Gasteiger partial charge in [0.2, 0.25) is 0 Å². The summed E-state index contributed by atoms with van der Waals surface area (Å²) in [5, 5.41) is 11.7. The zero-order chi connectivity index (χ0) is 14.5. The van der Waals surface area contributed by atoms with Gasteiger partial charge in [-0.25, -0.2) is 0 Å². The van der Waals surface area contributed by atoms with Gasteiger partial charge in [-0.05, 0) is 43.5 Å². The van der Waals surface area contributed by atoms with Gasteiger partial charge < -0.3 is 5.32 Å². The molecule has 1 heterocycles. The maximum Gasteiger partial charge on any atom is 0.0842 e. The molecule has 0 aliphatic rings. The van der Waals surface area contributed by atoms with Crippen molar-refractivity contribution in [3.63, 3.8) is 0 Å². The molecule has 0 aliphatic heterocycles. The van der Waals surface area contributed by atoms with Gasteiger partial charge >= 0.3 is 0 Å². The topological polar surface area (TPSA) is 42.7 Å². The van der Waals surface area contributed by atoms with Crippen LogP contribution in [0.15, 0.2) is 24.4 Å². The molecule has 1 aromatic carbocycles. The average Bonchev–Trinajstić information content (AvgIpc) is 2.80. The van der Waals surface area contributed by atoms with Crippen molar-refractivity contribution in [1.82, 2.24) is 20.3 Å². The lowest BCUT2D eigenvalue weighted by molar-refractivity contribution is 0.516. The maximum absolute atomic E-state index is 4.18. The highest BCUT2D eigenvalue weighted by atomic mass is 15.4. The van der Waals surface area contributed by atoms with E-state index in [1.165, 1.54) is 16.7 Å². The molecule has 1 atom stereocenters. The summed E-state index contributed by atoms with van der Waals surface area (Å²) in [7, 11) is 1.90. The molecular weight excluding hydrogens is 248 g/mol. The van der Waals surface area contributed by atoms with Crippen molar-refractivity contribution < 1.29 is 0 Å². The standard InChI is InChI=1S/C16H24N4/c1-5-17-15(10-16-11-20(4)19-18-16)9-14-7-6-12(2)13(3)8-14/h6-8,11,15,17H,5,9-10H2,1-4H3. The van der Waals surface area contributed by atoms with E-state index in [0.29, 0.717) is 6.04 Å². The van der Waals surface area contributed by atoms with Crippen molar-refractivity contribution in [2.24, 2.45) is 7.05 Å². The largest absolute Gasteiger partial charge is 0.314 e. The summed E-state index contributed by atoms with van der Waals surface area (Å²) in [6.07, 6.45) is 3.92. The number of aromatic nitrogens is 3. The molecule has 0 spiro atoms. The van der Waals surface area contributed by atoms with E-state index in [1.54, 1.807) is 4.68 Å². The minimum atomic E-state index is 0.402. The first kappa shape index (κ1) is 14.7. The van der Waals surface area contributed by atoms with E-state index in [9.17, 15) is 0 Å². The number of hydrogen-bond donors (Lipinski definition) is 1. The fraction of sp³-hybridized carbons (Fsp3) is 0.500. The molecule has 0 aliphatic carbocycles. The zero-order valence-electron chi connectivity index (χ0n) is 12.8. The third-order valence-corrected chi connectivity index (χ3v) is 3.65. The lowest BCUT2D eigenvalue weighted by Gasteiger charge is -2.17. The van der Waals surface area contributed by atoms with Crippen molar-refractivity contribution in [3.05, 3.63) is 46.8 Å². The van der Waals surface area contributed by atoms with E-state index in [-0.39, 0.29) is 0 Å². The smallest absolute Gasteiger partial charge is 0.0842 e. The molecule has 0 bridgehead atoms. The van der Waals surface area contributed by atoms with Crippen molar-refractivity contribution in [2.75, 3.05) is 6.54 Å². The Morgan fingerprint density at radius 2 is 2.00 bits per heavy atom. The highest BCUT2D eigenvalue weighted by Crippen LogP contribution is 2.13. The average molecular weight is 272 g/mol. The van der Waals surface area contributed by atoms with Crippen LogP contribution < -0.4 is 5.32 Å². The number of nitrogens with zero attached hydrogens (tertiary/aromatic N) is 3. The second-order valence-corrected chi connectivity index (χ2v) is 5.47. The lowest BCUT2D eigenvalue weighted by Crippen LogP contribution is -2.33. The van der Waals surface area contributed by atoms with Crippen LogP contribution in [0.2, 0.25) is 0 Å². The fourth-order valence-electron chi connectivity index (χ4n) is 2.46. The Morgan fingerprint density at radius 1 is 1.20 bits per heavy atom. The zero-order valence-corrected chi connectivity index (χ0v) is 12.8. The molecule has 0 saturated heterocycles. The molecule has 2 aromatic rings. The minimum absolute atomic E-state index is 0.402. The molecule has 0 amide bonds. The Morgan fingerprint density at radius 3 is 2.60 bits per heavy atom. The van der Waals surface area contributed by atoms with Gasteiger partial charge in [0.05, 0.1) is 5.69 Å². The first-order valence-corrected chi connectivity index (χ1v) is 7.23. The quantitative estimate of drug-likeness (QED) is 0.876. The van der Waals surface area contributed by atoms with Crippen LogP contribution in [0.1, 0.15) is 29.3 Å². The summed E-state index contributed by atoms with van der Waals surface area (Å²) < 4.78 is 1.76. The van der Waals surface area contributed by atoms with E-state index in [2.05, 4.69) is 54.6 Å². The summed E-state index contributed by atoms with van der Waals surface area (Å²) >= 11 is 0. The molecule has 0 radical (unpaired) electrons. The van der Waals surface area contributed by atoms with E-state index in [1.807, 2.05) is 13.2 Å². The fourth-order valence-corrected chi connectivity index (χ4v) is 2.46. The number of aryl methyl sites for hydroxylation is 3. The molecule has 20 heavy (non-hydrogen) atoms. The Bertz CT molecular complexity index is 559. The number of benzene rings is 1. The normalized spacial score (nSPS) is 12.6. The Labute approximate surface area is 121 Å². The highest BCUT2D eigenvalue weighted by molar-refractivity contribution is 5.30. The SMILES string of the molecule is CCNC(Cc1ccc(C)c(C)c1)Cc1cn(C)nn1. The molecule has 4 nitrogen and oxygen atoms in total. The van der Waals surface area contributed by atoms with Gasteiger partial charge in [-0.3, -0.25) is 4.68 Å². The monoisotopic (exact) mass is 272 g/mol. The molecule has 1 N–H and O–H groups in total. The molecule has 0 fully saturated rings. The van der Waals surface area contributed by atoms with E-state index < -0.39 is 0 Å². The lowest BCUT2D eigenvalue weighted by atomic mass is 9.98. The summed E-state index contributed by atoms with van der Waals surface area (Å²) in [4.78, 5) is 0. The van der Waals surface area contributed by atoms with Crippen LogP contribution in [0.25, 0.3) is 0 Å². The third-order valence-electron chi connectivity index (χ3n) is 3.65. The first-order chi connectivity index (χ1) is 9.58. The van der Waals surface area contributed by atoms with Gasteiger partial charge in [0.15, 0.2) is 0 Å². The van der Waals surface area contributed by atoms with Crippen molar-refractivity contribution in [1.29, 1.82) is 0 Å². The molecule has 2 rings (SSSR count). The predicted molar refractivity (Wildman–Crippen MR) is 81.8 cm³/mol. The molecule has 108 valence electrons. The van der Waals surface area contributed by atoms with Crippen LogP contribution in [-0.4, -0.2) is 27.6 Å². The molecular formula is C16H24N4. The second-order valence-electron chi connectivity index (χ2n) is 5.47. The van der Waals surface area contributed by atoms with Crippen LogP contribution in [0.3, 0.4) is 0 Å². The first-order valence-electron chi connectivity index (χ1n) is 7.23. The van der Waals surface area contributed by atoms with Gasteiger partial charge in [-0.15, -0.1) is 5.10 Å². The summed E-state index contributed by atoms with van der Waals surface area (Å²) in [5.74, 6) is 0. The van der Waals surface area contributed by atoms with Crippen LogP contribution in [0, 0.1) is 13.8 Å². The van der Waals surface area contributed by atoms with Crippen molar-refractivity contribution >= 4 is 0 Å². The van der Waals surface area contributed by atoms with E-state index in [4.69, 9.17) is 0 Å². The highest BCUT2D eigenvalue weighted by Gasteiger charge is 2.12. The molecule has 4 heteroatoms. The summed E-state index contributed by atoms with van der Waals surface area (Å²) in [6.45, 7) is 7.43. The van der Waals surface area contributed by atoms with Crippen molar-refractivity contribution in [2.45, 2.75) is 39.7 Å². The number of rotatable bonds is 6. The number of hydrogen-bond acceptors (Lipinski definition) is 3. The number of likely N-dealkylation sites (N-methyl/N-ethyl adjacent to an activating group) is 1. The van der Waals surface area contributed by atoms with Crippen molar-refractivity contribution in [3.8, 4) is 0 Å². The minimum Gasteiger partial charge on any atom is -0.314 e. The van der Waals surface area contributed by atoms with Gasteiger partial charge in [-0.2, -0.15) is 0 Å². The van der Waals surface area contributed by atoms with Gasteiger partial charge in [0.1, 0.15) is 0 Å². The Balaban J connectivity index is 2.06. The van der Waals surface area contributed by atoms with Gasteiger partial charge in [-0.1, -0.05) is 30.3 Å². The summed E-state index contributed by atoms with van der Waals surface area (Å²) in [5.41, 5.74) is 5.13.